The smallest absolute Gasteiger partial charge is 0.329 e. The highest BCUT2D eigenvalue weighted by molar-refractivity contribution is 7.18. The minimum Gasteiger partial charge on any atom is -0.459 e. The fourth-order valence-corrected chi connectivity index (χ4v) is 5.21. The zero-order valence-electron chi connectivity index (χ0n) is 16.2. The van der Waals surface area contributed by atoms with Gasteiger partial charge in [-0.15, -0.1) is 11.3 Å². The Morgan fingerprint density at radius 3 is 2.89 bits per heavy atom. The Labute approximate surface area is 168 Å². The normalized spacial score (nSPS) is 17.3. The first-order chi connectivity index (χ1) is 13.6. The van der Waals surface area contributed by atoms with Gasteiger partial charge in [0.05, 0.1) is 11.7 Å². The van der Waals surface area contributed by atoms with Crippen molar-refractivity contribution in [2.75, 3.05) is 0 Å². The molecule has 2 atom stereocenters. The molecule has 0 N–H and O–H groups in total. The lowest BCUT2D eigenvalue weighted by Gasteiger charge is -2.18. The predicted molar refractivity (Wildman–Crippen MR) is 111 cm³/mol. The molecule has 28 heavy (non-hydrogen) atoms. The molecular weight excluding hydrogens is 372 g/mol. The maximum absolute atomic E-state index is 13.2. The Balaban J connectivity index is 1.64. The second-order valence-corrected chi connectivity index (χ2v) is 8.59. The molecule has 1 aliphatic rings. The molecule has 0 bridgehead atoms. The standard InChI is InChI=1S/C22H24N2O3S/c1-3-17(22(26)27-12-15-7-5-4-6-8-15)24-13-23-20-19(21(24)25)16-10-9-14(2)11-18(16)28-20/h4-8,13-14,17H,3,9-12H2,1-2H3/t14-,17-/m0/s1. The van der Waals surface area contributed by atoms with Crippen LogP contribution >= 0.6 is 11.3 Å². The van der Waals surface area contributed by atoms with Gasteiger partial charge in [-0.25, -0.2) is 9.78 Å². The number of hydrogen-bond donors (Lipinski definition) is 0. The van der Waals surface area contributed by atoms with Gasteiger partial charge in [-0.1, -0.05) is 44.2 Å². The lowest BCUT2D eigenvalue weighted by atomic mass is 9.89. The Kier molecular flexibility index (Phi) is 5.31. The first-order valence-electron chi connectivity index (χ1n) is 9.80. The Morgan fingerprint density at radius 1 is 1.36 bits per heavy atom. The number of nitrogens with zero attached hydrogens (tertiary/aromatic N) is 2. The van der Waals surface area contributed by atoms with Crippen molar-refractivity contribution in [2.24, 2.45) is 5.92 Å². The molecule has 0 unspecified atom stereocenters. The summed E-state index contributed by atoms with van der Waals surface area (Å²) in [5, 5.41) is 0.698. The summed E-state index contributed by atoms with van der Waals surface area (Å²) < 4.78 is 6.95. The van der Waals surface area contributed by atoms with Crippen LogP contribution in [0.1, 0.15) is 48.7 Å². The van der Waals surface area contributed by atoms with E-state index in [4.69, 9.17) is 4.74 Å². The van der Waals surface area contributed by atoms with Gasteiger partial charge < -0.3 is 4.74 Å². The molecule has 4 rings (SSSR count). The molecule has 1 aromatic carbocycles. The van der Waals surface area contributed by atoms with Crippen LogP contribution in [-0.2, 0) is 29.0 Å². The molecule has 0 amide bonds. The summed E-state index contributed by atoms with van der Waals surface area (Å²) in [7, 11) is 0. The number of fused-ring (bicyclic) bond motifs is 3. The van der Waals surface area contributed by atoms with Gasteiger partial charge in [0.1, 0.15) is 17.5 Å². The van der Waals surface area contributed by atoms with Crippen LogP contribution in [0.4, 0.5) is 0 Å². The summed E-state index contributed by atoms with van der Waals surface area (Å²) in [5.41, 5.74) is 1.94. The maximum Gasteiger partial charge on any atom is 0.329 e. The van der Waals surface area contributed by atoms with Crippen LogP contribution in [0.5, 0.6) is 0 Å². The van der Waals surface area contributed by atoms with Crippen molar-refractivity contribution in [1.29, 1.82) is 0 Å². The van der Waals surface area contributed by atoms with Crippen molar-refractivity contribution < 1.29 is 9.53 Å². The second kappa shape index (κ2) is 7.87. The SMILES string of the molecule is CC[C@@H](C(=O)OCc1ccccc1)n1cnc2sc3c(c2c1=O)CC[C@H](C)C3. The molecule has 5 nitrogen and oxygen atoms in total. The van der Waals surface area contributed by atoms with E-state index in [1.807, 2.05) is 37.3 Å². The molecule has 146 valence electrons. The average Bonchev–Trinajstić information content (AvgIpc) is 3.07. The van der Waals surface area contributed by atoms with Crippen LogP contribution in [-0.4, -0.2) is 15.5 Å². The number of benzene rings is 1. The number of carbonyl (C=O) groups is 1. The van der Waals surface area contributed by atoms with Crippen molar-refractivity contribution in [1.82, 2.24) is 9.55 Å². The lowest BCUT2D eigenvalue weighted by molar-refractivity contribution is -0.149. The number of aromatic nitrogens is 2. The summed E-state index contributed by atoms with van der Waals surface area (Å²) in [6.07, 6.45) is 4.99. The second-order valence-electron chi connectivity index (χ2n) is 7.51. The van der Waals surface area contributed by atoms with Gasteiger partial charge in [0.15, 0.2) is 0 Å². The zero-order chi connectivity index (χ0) is 19.7. The van der Waals surface area contributed by atoms with Crippen LogP contribution in [0.2, 0.25) is 0 Å². The summed E-state index contributed by atoms with van der Waals surface area (Å²) in [5.74, 6) is 0.242. The van der Waals surface area contributed by atoms with Gasteiger partial charge in [0.25, 0.3) is 5.56 Å². The van der Waals surface area contributed by atoms with Crippen LogP contribution in [0.15, 0.2) is 41.5 Å². The van der Waals surface area contributed by atoms with Crippen LogP contribution in [0.25, 0.3) is 10.2 Å². The zero-order valence-corrected chi connectivity index (χ0v) is 17.0. The number of rotatable bonds is 5. The van der Waals surface area contributed by atoms with E-state index in [1.54, 1.807) is 11.3 Å². The minimum atomic E-state index is -0.661. The third-order valence-corrected chi connectivity index (χ3v) is 6.62. The first kappa shape index (κ1) is 18.9. The van der Waals surface area contributed by atoms with Gasteiger partial charge in [0, 0.05) is 4.88 Å². The van der Waals surface area contributed by atoms with Crippen LogP contribution < -0.4 is 5.56 Å². The highest BCUT2D eigenvalue weighted by atomic mass is 32.1. The molecule has 3 aromatic rings. The first-order valence-corrected chi connectivity index (χ1v) is 10.6. The topological polar surface area (TPSA) is 61.2 Å². The van der Waals surface area contributed by atoms with Gasteiger partial charge in [0.2, 0.25) is 0 Å². The van der Waals surface area contributed by atoms with Gasteiger partial charge in [-0.05, 0) is 42.7 Å². The van der Waals surface area contributed by atoms with Crippen molar-refractivity contribution in [2.45, 2.75) is 52.2 Å². The van der Waals surface area contributed by atoms with E-state index in [1.165, 1.54) is 15.8 Å². The summed E-state index contributed by atoms with van der Waals surface area (Å²) in [6.45, 7) is 4.33. The highest BCUT2D eigenvalue weighted by Crippen LogP contribution is 2.35. The number of thiophene rings is 1. The number of esters is 1. The molecule has 0 saturated heterocycles. The Bertz CT molecular complexity index is 1050. The third kappa shape index (κ3) is 3.49. The molecule has 0 fully saturated rings. The van der Waals surface area contributed by atoms with Crippen LogP contribution in [0, 0.1) is 5.92 Å². The summed E-state index contributed by atoms with van der Waals surface area (Å²) in [6, 6.07) is 8.89. The molecule has 2 aromatic heterocycles. The Morgan fingerprint density at radius 2 is 2.14 bits per heavy atom. The van der Waals surface area contributed by atoms with Gasteiger partial charge >= 0.3 is 5.97 Å². The lowest BCUT2D eigenvalue weighted by Crippen LogP contribution is -2.31. The molecule has 2 heterocycles. The van der Waals surface area contributed by atoms with Crippen molar-refractivity contribution >= 4 is 27.5 Å². The number of carbonyl (C=O) groups excluding carboxylic acids is 1. The third-order valence-electron chi connectivity index (χ3n) is 5.46. The summed E-state index contributed by atoms with van der Waals surface area (Å²) >= 11 is 1.62. The molecule has 1 aliphatic carbocycles. The average molecular weight is 397 g/mol. The monoisotopic (exact) mass is 396 g/mol. The van der Waals surface area contributed by atoms with Crippen molar-refractivity contribution in [3.8, 4) is 0 Å². The van der Waals surface area contributed by atoms with E-state index in [2.05, 4.69) is 11.9 Å². The summed E-state index contributed by atoms with van der Waals surface area (Å²) in [4.78, 5) is 32.5. The van der Waals surface area contributed by atoms with E-state index < -0.39 is 12.0 Å². The van der Waals surface area contributed by atoms with Gasteiger partial charge in [-0.3, -0.25) is 9.36 Å². The van der Waals surface area contributed by atoms with Crippen molar-refractivity contribution in [3.05, 3.63) is 63.0 Å². The molecular formula is C22H24N2O3S. The fourth-order valence-electron chi connectivity index (χ4n) is 3.87. The maximum atomic E-state index is 13.2. The minimum absolute atomic E-state index is 0.124. The largest absolute Gasteiger partial charge is 0.459 e. The predicted octanol–water partition coefficient (Wildman–Crippen LogP) is 4.28. The fraction of sp³-hybridized carbons (Fsp3) is 0.409. The number of ether oxygens (including phenoxy) is 1. The number of hydrogen-bond acceptors (Lipinski definition) is 5. The van der Waals surface area contributed by atoms with Crippen molar-refractivity contribution in [3.63, 3.8) is 0 Å². The van der Waals surface area contributed by atoms with E-state index >= 15 is 0 Å². The number of aryl methyl sites for hydroxylation is 1. The Hall–Kier alpha value is -2.47. The van der Waals surface area contributed by atoms with E-state index in [-0.39, 0.29) is 12.2 Å². The molecule has 0 spiro atoms. The molecule has 0 saturated carbocycles. The highest BCUT2D eigenvalue weighted by Gasteiger charge is 2.27. The van der Waals surface area contributed by atoms with Gasteiger partial charge in [-0.2, -0.15) is 0 Å². The van der Waals surface area contributed by atoms with E-state index in [0.29, 0.717) is 17.7 Å². The van der Waals surface area contributed by atoms with E-state index in [9.17, 15) is 9.59 Å². The quantitative estimate of drug-likeness (QED) is 0.604. The molecule has 6 heteroatoms. The molecule has 0 aliphatic heterocycles. The van der Waals surface area contributed by atoms with E-state index in [0.717, 1.165) is 35.2 Å². The molecule has 0 radical (unpaired) electrons. The van der Waals surface area contributed by atoms with Crippen LogP contribution in [0.3, 0.4) is 0 Å².